The van der Waals surface area contributed by atoms with Crippen LogP contribution >= 0.6 is 0 Å². The molecule has 1 rings (SSSR count). The van der Waals surface area contributed by atoms with Crippen molar-refractivity contribution in [2.45, 2.75) is 6.92 Å². The molecule has 0 aliphatic carbocycles. The lowest BCUT2D eigenvalue weighted by atomic mass is 10.1. The summed E-state index contributed by atoms with van der Waals surface area (Å²) in [6.07, 6.45) is 0. The molecule has 4 N–H and O–H groups in total. The highest BCUT2D eigenvalue weighted by Crippen LogP contribution is 2.16. The van der Waals surface area contributed by atoms with Crippen molar-refractivity contribution in [2.24, 2.45) is 0 Å². The highest BCUT2D eigenvalue weighted by molar-refractivity contribution is 5.96. The van der Waals surface area contributed by atoms with Crippen molar-refractivity contribution in [1.82, 2.24) is 4.98 Å². The van der Waals surface area contributed by atoms with E-state index in [2.05, 4.69) is 4.98 Å². The molecule has 0 saturated carbocycles. The average Bonchev–Trinajstić information content (AvgIpc) is 2.01. The van der Waals surface area contributed by atoms with Crippen molar-refractivity contribution < 1.29 is 19.8 Å². The number of aryl methyl sites for hydroxylation is 1. The number of pyridine rings is 1. The predicted octanol–water partition coefficient (Wildman–Crippen LogP) is 0.369. The van der Waals surface area contributed by atoms with E-state index in [9.17, 15) is 9.59 Å². The van der Waals surface area contributed by atoms with Crippen LogP contribution in [0, 0.1) is 6.92 Å². The van der Waals surface area contributed by atoms with E-state index in [4.69, 9.17) is 15.9 Å². The molecule has 0 aromatic carbocycles. The van der Waals surface area contributed by atoms with E-state index < -0.39 is 11.9 Å². The summed E-state index contributed by atoms with van der Waals surface area (Å²) in [4.78, 5) is 24.8. The quantitative estimate of drug-likeness (QED) is 0.629. The first-order valence-corrected chi connectivity index (χ1v) is 3.67. The highest BCUT2D eigenvalue weighted by Gasteiger charge is 2.16. The molecule has 0 saturated heterocycles. The topological polar surface area (TPSA) is 114 Å². The lowest BCUT2D eigenvalue weighted by molar-refractivity contribution is 0.0675. The van der Waals surface area contributed by atoms with Gasteiger partial charge in [0, 0.05) is 0 Å². The van der Waals surface area contributed by atoms with Crippen molar-refractivity contribution in [2.75, 3.05) is 5.73 Å². The lowest BCUT2D eigenvalue weighted by Crippen LogP contribution is -2.11. The van der Waals surface area contributed by atoms with Gasteiger partial charge in [0.1, 0.15) is 5.56 Å². The van der Waals surface area contributed by atoms with Crippen molar-refractivity contribution in [1.29, 1.82) is 0 Å². The standard InChI is InChI=1S/C8H8N2O4/c1-3-6(8(13)14)4(9)2-5(10-3)7(11)12/h2H,1H3,(H2,9,10)(H,11,12)(H,13,14). The number of aromatic carboxylic acids is 2. The Morgan fingerprint density at radius 2 is 1.93 bits per heavy atom. The van der Waals surface area contributed by atoms with E-state index in [1.165, 1.54) is 6.92 Å². The molecule has 0 aliphatic heterocycles. The molecule has 1 heterocycles. The van der Waals surface area contributed by atoms with E-state index in [0.29, 0.717) is 0 Å². The summed E-state index contributed by atoms with van der Waals surface area (Å²) >= 11 is 0. The molecule has 14 heavy (non-hydrogen) atoms. The zero-order chi connectivity index (χ0) is 10.9. The number of nitrogens with two attached hydrogens (primary N) is 1. The fourth-order valence-corrected chi connectivity index (χ4v) is 1.08. The summed E-state index contributed by atoms with van der Waals surface area (Å²) in [6, 6.07) is 1.03. The van der Waals surface area contributed by atoms with Gasteiger partial charge in [-0.25, -0.2) is 14.6 Å². The first-order valence-electron chi connectivity index (χ1n) is 3.67. The second-order valence-corrected chi connectivity index (χ2v) is 2.67. The summed E-state index contributed by atoms with van der Waals surface area (Å²) in [5.74, 6) is -2.46. The van der Waals surface area contributed by atoms with Crippen LogP contribution in [0.4, 0.5) is 5.69 Å². The zero-order valence-electron chi connectivity index (χ0n) is 7.31. The number of nitrogen functional groups attached to an aromatic ring is 1. The van der Waals surface area contributed by atoms with Crippen LogP contribution in [0.2, 0.25) is 0 Å². The number of carboxylic acids is 2. The fraction of sp³-hybridized carbons (Fsp3) is 0.125. The Bertz CT molecular complexity index is 391. The van der Waals surface area contributed by atoms with Gasteiger partial charge in [-0.1, -0.05) is 0 Å². The molecule has 0 amide bonds. The third kappa shape index (κ3) is 1.63. The van der Waals surface area contributed by atoms with Gasteiger partial charge in [0.2, 0.25) is 0 Å². The molecule has 0 unspecified atom stereocenters. The SMILES string of the molecule is Cc1nc(C(=O)O)cc(N)c1C(=O)O. The number of anilines is 1. The van der Waals surface area contributed by atoms with Gasteiger partial charge in [-0.15, -0.1) is 0 Å². The first kappa shape index (κ1) is 9.97. The minimum absolute atomic E-state index is 0.0925. The Hall–Kier alpha value is -2.11. The number of nitrogens with zero attached hydrogens (tertiary/aromatic N) is 1. The summed E-state index contributed by atoms with van der Waals surface area (Å²) in [7, 11) is 0. The number of hydrogen-bond acceptors (Lipinski definition) is 4. The minimum atomic E-state index is -1.24. The van der Waals surface area contributed by atoms with Crippen molar-refractivity contribution in [3.8, 4) is 0 Å². The van der Waals surface area contributed by atoms with Crippen molar-refractivity contribution in [3.63, 3.8) is 0 Å². The van der Waals surface area contributed by atoms with E-state index in [-0.39, 0.29) is 22.6 Å². The van der Waals surface area contributed by atoms with Gasteiger partial charge in [0.15, 0.2) is 5.69 Å². The fourth-order valence-electron chi connectivity index (χ4n) is 1.08. The van der Waals surface area contributed by atoms with E-state index in [0.717, 1.165) is 6.07 Å². The third-order valence-electron chi connectivity index (χ3n) is 1.66. The zero-order valence-corrected chi connectivity index (χ0v) is 7.31. The molecule has 0 atom stereocenters. The van der Waals surface area contributed by atoms with Crippen LogP contribution < -0.4 is 5.73 Å². The maximum atomic E-state index is 10.7. The normalized spacial score (nSPS) is 9.79. The molecule has 0 bridgehead atoms. The second kappa shape index (κ2) is 3.33. The summed E-state index contributed by atoms with van der Waals surface area (Å²) < 4.78 is 0. The van der Waals surface area contributed by atoms with E-state index >= 15 is 0 Å². The van der Waals surface area contributed by atoms with Gasteiger partial charge in [-0.3, -0.25) is 0 Å². The predicted molar refractivity (Wildman–Crippen MR) is 47.3 cm³/mol. The molecule has 6 nitrogen and oxygen atoms in total. The second-order valence-electron chi connectivity index (χ2n) is 2.67. The van der Waals surface area contributed by atoms with Crippen LogP contribution in [0.25, 0.3) is 0 Å². The Balaban J connectivity index is 3.39. The van der Waals surface area contributed by atoms with Crippen LogP contribution in [-0.2, 0) is 0 Å². The molecule has 0 spiro atoms. The van der Waals surface area contributed by atoms with Crippen LogP contribution in [0.1, 0.15) is 26.5 Å². The number of rotatable bonds is 2. The lowest BCUT2D eigenvalue weighted by Gasteiger charge is -2.05. The number of carboxylic acid groups (broad SMARTS) is 2. The smallest absolute Gasteiger partial charge is 0.354 e. The van der Waals surface area contributed by atoms with E-state index in [1.54, 1.807) is 0 Å². The molecule has 74 valence electrons. The molecule has 6 heteroatoms. The van der Waals surface area contributed by atoms with Crippen LogP contribution in [0.15, 0.2) is 6.07 Å². The van der Waals surface area contributed by atoms with Gasteiger partial charge in [-0.05, 0) is 13.0 Å². The first-order chi connectivity index (χ1) is 6.43. The van der Waals surface area contributed by atoms with Gasteiger partial charge >= 0.3 is 11.9 Å². The van der Waals surface area contributed by atoms with Crippen LogP contribution in [-0.4, -0.2) is 27.1 Å². The molecular weight excluding hydrogens is 188 g/mol. The molecule has 0 fully saturated rings. The summed E-state index contributed by atoms with van der Waals surface area (Å²) in [6.45, 7) is 1.40. The molecule has 1 aromatic rings. The minimum Gasteiger partial charge on any atom is -0.478 e. The monoisotopic (exact) mass is 196 g/mol. The molecule has 1 aromatic heterocycles. The van der Waals surface area contributed by atoms with Crippen LogP contribution in [0.3, 0.4) is 0 Å². The number of carbonyl (C=O) groups is 2. The van der Waals surface area contributed by atoms with Gasteiger partial charge in [-0.2, -0.15) is 0 Å². The van der Waals surface area contributed by atoms with Crippen molar-refractivity contribution in [3.05, 3.63) is 23.0 Å². The van der Waals surface area contributed by atoms with Crippen LogP contribution in [0.5, 0.6) is 0 Å². The largest absolute Gasteiger partial charge is 0.478 e. The van der Waals surface area contributed by atoms with E-state index in [1.807, 2.05) is 0 Å². The number of hydrogen-bond donors (Lipinski definition) is 3. The molecule has 0 aliphatic rings. The Kier molecular flexibility index (Phi) is 2.37. The van der Waals surface area contributed by atoms with Gasteiger partial charge in [0.25, 0.3) is 0 Å². The average molecular weight is 196 g/mol. The highest BCUT2D eigenvalue weighted by atomic mass is 16.4. The summed E-state index contributed by atoms with van der Waals surface area (Å²) in [5.41, 5.74) is 4.96. The molecule has 0 radical (unpaired) electrons. The maximum absolute atomic E-state index is 10.7. The number of aromatic nitrogens is 1. The maximum Gasteiger partial charge on any atom is 0.354 e. The van der Waals surface area contributed by atoms with Crippen molar-refractivity contribution >= 4 is 17.6 Å². The Labute approximate surface area is 79.0 Å². The Morgan fingerprint density at radius 3 is 2.29 bits per heavy atom. The Morgan fingerprint density at radius 1 is 1.36 bits per heavy atom. The summed E-state index contributed by atoms with van der Waals surface area (Å²) in [5, 5.41) is 17.3. The van der Waals surface area contributed by atoms with Gasteiger partial charge in [0.05, 0.1) is 11.4 Å². The van der Waals surface area contributed by atoms with Gasteiger partial charge < -0.3 is 15.9 Å². The third-order valence-corrected chi connectivity index (χ3v) is 1.66. The molecular formula is C8H8N2O4.